The van der Waals surface area contributed by atoms with Crippen molar-refractivity contribution in [3.63, 3.8) is 0 Å². The summed E-state index contributed by atoms with van der Waals surface area (Å²) in [6, 6.07) is 0. The van der Waals surface area contributed by atoms with Crippen molar-refractivity contribution in [2.75, 3.05) is 27.7 Å². The van der Waals surface area contributed by atoms with Crippen molar-refractivity contribution in [3.05, 3.63) is 0 Å². The second kappa shape index (κ2) is 3.80. The number of ketones is 1. The van der Waals surface area contributed by atoms with Crippen LogP contribution in [0.15, 0.2) is 0 Å². The number of thioether (sulfide) groups is 1. The van der Waals surface area contributed by atoms with Crippen molar-refractivity contribution >= 4 is 22.7 Å². The molecule has 1 aliphatic heterocycles. The van der Waals surface area contributed by atoms with E-state index >= 15 is 0 Å². The lowest BCUT2D eigenvalue weighted by Crippen LogP contribution is -2.44. The Kier molecular flexibility index (Phi) is 3.14. The smallest absolute Gasteiger partial charge is 0.190 e. The van der Waals surface area contributed by atoms with Gasteiger partial charge in [0.25, 0.3) is 0 Å². The molecule has 74 valence electrons. The van der Waals surface area contributed by atoms with Gasteiger partial charge in [0.15, 0.2) is 10.9 Å². The molecule has 0 bridgehead atoms. The minimum atomic E-state index is -0.110. The highest BCUT2D eigenvalue weighted by Gasteiger charge is 2.31. The molecule has 0 saturated carbocycles. The summed E-state index contributed by atoms with van der Waals surface area (Å²) < 4.78 is 0.733. The summed E-state index contributed by atoms with van der Waals surface area (Å²) in [6.45, 7) is 0.745. The van der Waals surface area contributed by atoms with Gasteiger partial charge in [-0.05, 0) is 0 Å². The van der Waals surface area contributed by atoms with Crippen LogP contribution in [-0.4, -0.2) is 48.3 Å². The van der Waals surface area contributed by atoms with Gasteiger partial charge in [0, 0.05) is 12.8 Å². The molecule has 1 saturated heterocycles. The van der Waals surface area contributed by atoms with Crippen LogP contribution in [0.1, 0.15) is 12.8 Å². The van der Waals surface area contributed by atoms with Crippen molar-refractivity contribution in [1.82, 2.24) is 0 Å². The van der Waals surface area contributed by atoms with Crippen LogP contribution in [0.5, 0.6) is 0 Å². The van der Waals surface area contributed by atoms with E-state index in [0.717, 1.165) is 11.0 Å². The molecule has 0 aromatic heterocycles. The first-order valence-electron chi connectivity index (χ1n) is 4.41. The van der Waals surface area contributed by atoms with E-state index < -0.39 is 0 Å². The lowest BCUT2D eigenvalue weighted by molar-refractivity contribution is -0.869. The second-order valence-electron chi connectivity index (χ2n) is 4.42. The lowest BCUT2D eigenvalue weighted by atomic mass is 10.1. The maximum Gasteiger partial charge on any atom is 0.190 e. The van der Waals surface area contributed by atoms with Crippen LogP contribution in [0.3, 0.4) is 0 Å². The molecular formula is C9H16NO2S+. The highest BCUT2D eigenvalue weighted by molar-refractivity contribution is 8.14. The van der Waals surface area contributed by atoms with Gasteiger partial charge < -0.3 is 4.48 Å². The molecule has 0 aromatic carbocycles. The van der Waals surface area contributed by atoms with Gasteiger partial charge in [0.05, 0.1) is 27.7 Å². The van der Waals surface area contributed by atoms with Crippen LogP contribution in [-0.2, 0) is 9.59 Å². The Morgan fingerprint density at radius 3 is 2.46 bits per heavy atom. The standard InChI is InChI=1S/C9H16NO2S/c1-10(2,3)6-8-7(11)4-5-9(12)13-8/h8H,4-6H2,1-3H3/q+1. The van der Waals surface area contributed by atoms with E-state index in [9.17, 15) is 9.59 Å². The number of carbonyl (C=O) groups excluding carboxylic acids is 2. The molecule has 13 heavy (non-hydrogen) atoms. The fourth-order valence-corrected chi connectivity index (χ4v) is 2.61. The number of hydrogen-bond acceptors (Lipinski definition) is 3. The van der Waals surface area contributed by atoms with E-state index in [1.165, 1.54) is 11.8 Å². The number of carbonyl (C=O) groups is 2. The first-order chi connectivity index (χ1) is 5.88. The Labute approximate surface area is 83.1 Å². The monoisotopic (exact) mass is 202 g/mol. The molecule has 3 nitrogen and oxygen atoms in total. The molecule has 0 aromatic rings. The van der Waals surface area contributed by atoms with Gasteiger partial charge in [-0.3, -0.25) is 9.59 Å². The summed E-state index contributed by atoms with van der Waals surface area (Å²) in [4.78, 5) is 22.5. The summed E-state index contributed by atoms with van der Waals surface area (Å²) in [6.07, 6.45) is 0.869. The van der Waals surface area contributed by atoms with Crippen LogP contribution in [0.2, 0.25) is 0 Å². The second-order valence-corrected chi connectivity index (χ2v) is 5.68. The molecule has 0 spiro atoms. The van der Waals surface area contributed by atoms with Gasteiger partial charge >= 0.3 is 0 Å². The normalized spacial score (nSPS) is 25.0. The summed E-state index contributed by atoms with van der Waals surface area (Å²) >= 11 is 1.22. The quantitative estimate of drug-likeness (QED) is 0.618. The Bertz CT molecular complexity index is 232. The van der Waals surface area contributed by atoms with Crippen LogP contribution in [0.25, 0.3) is 0 Å². The predicted molar refractivity (Wildman–Crippen MR) is 53.5 cm³/mol. The van der Waals surface area contributed by atoms with Crippen LogP contribution in [0, 0.1) is 0 Å². The Morgan fingerprint density at radius 2 is 1.92 bits per heavy atom. The molecule has 0 aliphatic carbocycles. The fraction of sp³-hybridized carbons (Fsp3) is 0.778. The van der Waals surface area contributed by atoms with Gasteiger partial charge in [-0.25, -0.2) is 0 Å². The predicted octanol–water partition coefficient (Wildman–Crippen LogP) is 0.684. The van der Waals surface area contributed by atoms with E-state index in [2.05, 4.69) is 0 Å². The highest BCUT2D eigenvalue weighted by atomic mass is 32.2. The molecular weight excluding hydrogens is 186 g/mol. The molecule has 1 atom stereocenters. The lowest BCUT2D eigenvalue weighted by Gasteiger charge is -2.29. The average Bonchev–Trinajstić information content (AvgIpc) is 1.94. The molecule has 1 aliphatic rings. The third-order valence-corrected chi connectivity index (χ3v) is 3.09. The molecule has 0 amide bonds. The molecule has 1 rings (SSSR count). The molecule has 4 heteroatoms. The largest absolute Gasteiger partial charge is 0.330 e. The number of quaternary nitrogens is 1. The summed E-state index contributed by atoms with van der Waals surface area (Å²) in [7, 11) is 6.10. The van der Waals surface area contributed by atoms with Gasteiger partial charge in [-0.2, -0.15) is 0 Å². The topological polar surface area (TPSA) is 34.1 Å². The average molecular weight is 202 g/mol. The zero-order valence-electron chi connectivity index (χ0n) is 8.37. The van der Waals surface area contributed by atoms with Gasteiger partial charge in [0.2, 0.25) is 0 Å². The number of rotatable bonds is 2. The third kappa shape index (κ3) is 3.48. The maximum atomic E-state index is 11.4. The number of nitrogens with zero attached hydrogens (tertiary/aromatic N) is 1. The third-order valence-electron chi connectivity index (χ3n) is 1.92. The van der Waals surface area contributed by atoms with Crippen LogP contribution < -0.4 is 0 Å². The zero-order chi connectivity index (χ0) is 10.1. The van der Waals surface area contributed by atoms with Gasteiger partial charge in [0.1, 0.15) is 5.25 Å². The van der Waals surface area contributed by atoms with Crippen molar-refractivity contribution in [1.29, 1.82) is 0 Å². The first-order valence-corrected chi connectivity index (χ1v) is 5.29. The molecule has 1 unspecified atom stereocenters. The molecule has 1 fully saturated rings. The Hall–Kier alpha value is -0.350. The number of hydrogen-bond donors (Lipinski definition) is 0. The van der Waals surface area contributed by atoms with E-state index in [0.29, 0.717) is 12.8 Å². The molecule has 0 N–H and O–H groups in total. The van der Waals surface area contributed by atoms with Crippen molar-refractivity contribution in [2.45, 2.75) is 18.1 Å². The van der Waals surface area contributed by atoms with E-state index in [-0.39, 0.29) is 16.1 Å². The van der Waals surface area contributed by atoms with E-state index in [1.54, 1.807) is 0 Å². The summed E-state index contributed by atoms with van der Waals surface area (Å²) in [5.74, 6) is 0.234. The minimum Gasteiger partial charge on any atom is -0.330 e. The summed E-state index contributed by atoms with van der Waals surface area (Å²) in [5, 5.41) is 0.0549. The SMILES string of the molecule is C[N+](C)(C)CC1SC(=O)CCC1=O. The Balaban J connectivity index is 2.57. The van der Waals surface area contributed by atoms with Crippen LogP contribution in [0.4, 0.5) is 0 Å². The molecule has 1 heterocycles. The van der Waals surface area contributed by atoms with E-state index in [1.807, 2.05) is 21.1 Å². The zero-order valence-corrected chi connectivity index (χ0v) is 9.19. The van der Waals surface area contributed by atoms with Crippen molar-refractivity contribution < 1.29 is 14.1 Å². The first kappa shape index (κ1) is 10.7. The highest BCUT2D eigenvalue weighted by Crippen LogP contribution is 2.25. The summed E-state index contributed by atoms with van der Waals surface area (Å²) in [5.41, 5.74) is 0. The van der Waals surface area contributed by atoms with Crippen molar-refractivity contribution in [3.8, 4) is 0 Å². The van der Waals surface area contributed by atoms with E-state index in [4.69, 9.17) is 0 Å². The Morgan fingerprint density at radius 1 is 1.31 bits per heavy atom. The van der Waals surface area contributed by atoms with Crippen molar-refractivity contribution in [2.24, 2.45) is 0 Å². The molecule has 0 radical (unpaired) electrons. The fourth-order valence-electron chi connectivity index (χ4n) is 1.31. The van der Waals surface area contributed by atoms with Gasteiger partial charge in [-0.15, -0.1) is 0 Å². The minimum absolute atomic E-state index is 0.110. The number of Topliss-reactive ketones (excluding diaryl/α,β-unsaturated/α-hetero) is 1. The van der Waals surface area contributed by atoms with Crippen LogP contribution >= 0.6 is 11.8 Å². The maximum absolute atomic E-state index is 11.4. The van der Waals surface area contributed by atoms with Gasteiger partial charge in [-0.1, -0.05) is 11.8 Å².